The second-order valence-electron chi connectivity index (χ2n) is 6.86. The number of hydrogen-bond acceptors (Lipinski definition) is 4. The van der Waals surface area contributed by atoms with Crippen LogP contribution in [0, 0.1) is 0 Å². The summed E-state index contributed by atoms with van der Waals surface area (Å²) in [6.45, 7) is 1.46. The van der Waals surface area contributed by atoms with Crippen molar-refractivity contribution in [1.29, 1.82) is 0 Å². The number of nitrogens with two attached hydrogens (primary N) is 1. The molecule has 0 saturated carbocycles. The number of sulfonamides is 1. The Kier molecular flexibility index (Phi) is 8.22. The van der Waals surface area contributed by atoms with E-state index in [4.69, 9.17) is 44.7 Å². The van der Waals surface area contributed by atoms with Gasteiger partial charge in [-0.15, -0.1) is 0 Å². The van der Waals surface area contributed by atoms with Gasteiger partial charge in [0.15, 0.2) is 0 Å². The van der Waals surface area contributed by atoms with E-state index in [2.05, 4.69) is 5.32 Å². The summed E-state index contributed by atoms with van der Waals surface area (Å²) in [6, 6.07) is 17.3. The Hall–Kier alpha value is -1.80. The highest BCUT2D eigenvalue weighted by atomic mass is 35.5. The van der Waals surface area contributed by atoms with Crippen molar-refractivity contribution in [3.8, 4) is 5.75 Å². The zero-order chi connectivity index (χ0) is 22.4. The van der Waals surface area contributed by atoms with Crippen molar-refractivity contribution in [2.45, 2.75) is 24.5 Å². The molecule has 0 bridgehead atoms. The number of primary sulfonamides is 1. The third kappa shape index (κ3) is 6.84. The Morgan fingerprint density at radius 3 is 2.26 bits per heavy atom. The fourth-order valence-corrected chi connectivity index (χ4v) is 4.17. The molecule has 0 aromatic heterocycles. The maximum atomic E-state index is 11.3. The number of rotatable bonds is 9. The smallest absolute Gasteiger partial charge is 0.238 e. The summed E-state index contributed by atoms with van der Waals surface area (Å²) in [7, 11) is -3.68. The van der Waals surface area contributed by atoms with Gasteiger partial charge in [-0.1, -0.05) is 53.0 Å². The van der Waals surface area contributed by atoms with E-state index in [0.29, 0.717) is 33.9 Å². The fourth-order valence-electron chi connectivity index (χ4n) is 2.95. The normalized spacial score (nSPS) is 11.5. The second kappa shape index (κ2) is 10.7. The maximum absolute atomic E-state index is 11.3. The third-order valence-corrected chi connectivity index (χ3v) is 6.49. The van der Waals surface area contributed by atoms with Crippen LogP contribution in [0.1, 0.15) is 16.7 Å². The molecule has 0 saturated heterocycles. The standard InChI is InChI=1S/C22H21Cl3N2O3S/c23-17-6-9-22(30-14-19-20(24)2-1-3-21(19)25)16(12-17)13-27-11-10-15-4-7-18(8-5-15)31(26,28)29/h1-9,12,27H,10-11,13-14H2,(H2,26,28,29). The van der Waals surface area contributed by atoms with Crippen LogP contribution in [-0.4, -0.2) is 15.0 Å². The molecule has 0 aliphatic heterocycles. The summed E-state index contributed by atoms with van der Waals surface area (Å²) in [6.07, 6.45) is 0.719. The first kappa shape index (κ1) is 23.9. The van der Waals surface area contributed by atoms with Crippen LogP contribution >= 0.6 is 34.8 Å². The molecule has 0 aliphatic carbocycles. The number of halogens is 3. The number of hydrogen-bond donors (Lipinski definition) is 2. The molecule has 164 valence electrons. The van der Waals surface area contributed by atoms with Gasteiger partial charge in [-0.3, -0.25) is 0 Å². The van der Waals surface area contributed by atoms with Crippen LogP contribution in [0.15, 0.2) is 65.6 Å². The van der Waals surface area contributed by atoms with Gasteiger partial charge in [-0.2, -0.15) is 0 Å². The molecule has 5 nitrogen and oxygen atoms in total. The summed E-state index contributed by atoms with van der Waals surface area (Å²) in [4.78, 5) is 0.101. The Bertz CT molecular complexity index is 1130. The minimum atomic E-state index is -3.68. The predicted octanol–water partition coefficient (Wildman–Crippen LogP) is 5.21. The molecule has 0 heterocycles. The van der Waals surface area contributed by atoms with Gasteiger partial charge in [0.2, 0.25) is 10.0 Å². The monoisotopic (exact) mass is 498 g/mol. The van der Waals surface area contributed by atoms with E-state index < -0.39 is 10.0 Å². The van der Waals surface area contributed by atoms with Gasteiger partial charge in [0.05, 0.1) is 4.90 Å². The molecule has 0 spiro atoms. The van der Waals surface area contributed by atoms with Crippen LogP contribution in [0.3, 0.4) is 0 Å². The lowest BCUT2D eigenvalue weighted by atomic mass is 10.1. The molecule has 0 amide bonds. The van der Waals surface area contributed by atoms with Crippen LogP contribution in [0.5, 0.6) is 5.75 Å². The number of benzene rings is 3. The lowest BCUT2D eigenvalue weighted by molar-refractivity contribution is 0.302. The van der Waals surface area contributed by atoms with E-state index in [1.54, 1.807) is 36.4 Å². The highest BCUT2D eigenvalue weighted by Gasteiger charge is 2.10. The van der Waals surface area contributed by atoms with Crippen molar-refractivity contribution in [3.05, 3.63) is 92.4 Å². The van der Waals surface area contributed by atoms with Crippen molar-refractivity contribution >= 4 is 44.8 Å². The first-order valence-corrected chi connectivity index (χ1v) is 12.1. The van der Waals surface area contributed by atoms with Gasteiger partial charge in [-0.25, -0.2) is 13.6 Å². The van der Waals surface area contributed by atoms with E-state index in [9.17, 15) is 8.42 Å². The van der Waals surface area contributed by atoms with E-state index in [-0.39, 0.29) is 11.5 Å². The largest absolute Gasteiger partial charge is 0.488 e. The minimum Gasteiger partial charge on any atom is -0.488 e. The SMILES string of the molecule is NS(=O)(=O)c1ccc(CCNCc2cc(Cl)ccc2OCc2c(Cl)cccc2Cl)cc1. The summed E-state index contributed by atoms with van der Waals surface area (Å²) in [5.74, 6) is 0.686. The molecule has 3 N–H and O–H groups in total. The zero-order valence-electron chi connectivity index (χ0n) is 16.4. The Morgan fingerprint density at radius 1 is 0.935 bits per heavy atom. The number of nitrogens with one attached hydrogen (secondary N) is 1. The second-order valence-corrected chi connectivity index (χ2v) is 9.67. The highest BCUT2D eigenvalue weighted by Crippen LogP contribution is 2.28. The lowest BCUT2D eigenvalue weighted by Crippen LogP contribution is -2.17. The van der Waals surface area contributed by atoms with Crippen molar-refractivity contribution in [1.82, 2.24) is 5.32 Å². The van der Waals surface area contributed by atoms with Crippen molar-refractivity contribution in [2.24, 2.45) is 5.14 Å². The van der Waals surface area contributed by atoms with Gasteiger partial charge in [0.25, 0.3) is 0 Å². The molecular weight excluding hydrogens is 479 g/mol. The van der Waals surface area contributed by atoms with E-state index in [1.807, 2.05) is 12.1 Å². The molecule has 31 heavy (non-hydrogen) atoms. The van der Waals surface area contributed by atoms with Gasteiger partial charge < -0.3 is 10.1 Å². The van der Waals surface area contributed by atoms with Crippen molar-refractivity contribution in [2.75, 3.05) is 6.54 Å². The average molecular weight is 500 g/mol. The van der Waals surface area contributed by atoms with E-state index in [0.717, 1.165) is 23.1 Å². The van der Waals surface area contributed by atoms with Gasteiger partial charge in [0.1, 0.15) is 12.4 Å². The first-order chi connectivity index (χ1) is 14.7. The van der Waals surface area contributed by atoms with Crippen molar-refractivity contribution < 1.29 is 13.2 Å². The van der Waals surface area contributed by atoms with Crippen LogP contribution in [0.25, 0.3) is 0 Å². The molecule has 3 aromatic rings. The molecule has 9 heteroatoms. The van der Waals surface area contributed by atoms with Crippen LogP contribution in [0.4, 0.5) is 0 Å². The molecule has 3 aromatic carbocycles. The summed E-state index contributed by atoms with van der Waals surface area (Å²) >= 11 is 18.6. The summed E-state index contributed by atoms with van der Waals surface area (Å²) in [5.41, 5.74) is 2.62. The molecule has 0 aliphatic rings. The van der Waals surface area contributed by atoms with E-state index in [1.165, 1.54) is 12.1 Å². The molecule has 0 atom stereocenters. The molecular formula is C22H21Cl3N2O3S. The van der Waals surface area contributed by atoms with Crippen LogP contribution in [0.2, 0.25) is 15.1 Å². The molecule has 0 fully saturated rings. The Balaban J connectivity index is 1.58. The third-order valence-electron chi connectivity index (χ3n) is 4.61. The van der Waals surface area contributed by atoms with Gasteiger partial charge in [-0.05, 0) is 61.0 Å². The van der Waals surface area contributed by atoms with Crippen LogP contribution < -0.4 is 15.2 Å². The minimum absolute atomic E-state index is 0.101. The molecule has 3 rings (SSSR count). The van der Waals surface area contributed by atoms with E-state index >= 15 is 0 Å². The highest BCUT2D eigenvalue weighted by molar-refractivity contribution is 7.89. The average Bonchev–Trinajstić information content (AvgIpc) is 2.72. The maximum Gasteiger partial charge on any atom is 0.238 e. The van der Waals surface area contributed by atoms with Crippen molar-refractivity contribution in [3.63, 3.8) is 0 Å². The lowest BCUT2D eigenvalue weighted by Gasteiger charge is -2.14. The quantitative estimate of drug-likeness (QED) is 0.396. The first-order valence-electron chi connectivity index (χ1n) is 9.40. The van der Waals surface area contributed by atoms with Crippen LogP contribution in [-0.2, 0) is 29.6 Å². The predicted molar refractivity (Wildman–Crippen MR) is 125 cm³/mol. The zero-order valence-corrected chi connectivity index (χ0v) is 19.5. The summed E-state index contributed by atoms with van der Waals surface area (Å²) < 4.78 is 28.6. The number of ether oxygens (including phenoxy) is 1. The fraction of sp³-hybridized carbons (Fsp3) is 0.182. The molecule has 0 unspecified atom stereocenters. The summed E-state index contributed by atoms with van der Waals surface area (Å²) in [5, 5.41) is 10.2. The Labute approximate surface area is 197 Å². The topological polar surface area (TPSA) is 81.4 Å². The van der Waals surface area contributed by atoms with Gasteiger partial charge >= 0.3 is 0 Å². The Morgan fingerprint density at radius 2 is 1.61 bits per heavy atom. The van der Waals surface area contributed by atoms with Gasteiger partial charge in [0, 0.05) is 32.7 Å². The molecule has 0 radical (unpaired) electrons.